The lowest BCUT2D eigenvalue weighted by Gasteiger charge is -2.36. The zero-order valence-corrected chi connectivity index (χ0v) is 14.9. The molecule has 0 unspecified atom stereocenters. The van der Waals surface area contributed by atoms with E-state index in [1.54, 1.807) is 7.05 Å². The van der Waals surface area contributed by atoms with Crippen LogP contribution in [0.3, 0.4) is 0 Å². The van der Waals surface area contributed by atoms with Gasteiger partial charge < -0.3 is 15.5 Å². The lowest BCUT2D eigenvalue weighted by Crippen LogP contribution is -2.46. The van der Waals surface area contributed by atoms with Crippen molar-refractivity contribution in [2.45, 2.75) is 12.8 Å². The minimum atomic E-state index is 0.741. The predicted octanol–water partition coefficient (Wildman–Crippen LogP) is 1.94. The van der Waals surface area contributed by atoms with Crippen LogP contribution in [0.1, 0.15) is 12.8 Å². The lowest BCUT2D eigenvalue weighted by molar-refractivity contribution is 0.253. The van der Waals surface area contributed by atoms with Crippen molar-refractivity contribution in [2.24, 2.45) is 4.99 Å². The van der Waals surface area contributed by atoms with Gasteiger partial charge in [-0.25, -0.2) is 0 Å². The number of hydrogen-bond donors (Lipinski definition) is 2. The van der Waals surface area contributed by atoms with Crippen LogP contribution < -0.4 is 15.5 Å². The summed E-state index contributed by atoms with van der Waals surface area (Å²) in [5.41, 5.74) is 1.35. The Bertz CT molecular complexity index is 492. The number of unbranched alkanes of at least 4 members (excludes halogenated alkanes) is 1. The molecule has 2 N–H and O–H groups in total. The third-order valence-corrected chi connectivity index (χ3v) is 4.32. The molecule has 1 aliphatic rings. The Kier molecular flexibility index (Phi) is 8.18. The monoisotopic (exact) mass is 329 g/mol. The molecule has 0 saturated carbocycles. The molecule has 0 aliphatic carbocycles. The minimum Gasteiger partial charge on any atom is -0.369 e. The first-order valence-electron chi connectivity index (χ1n) is 8.91. The first-order chi connectivity index (χ1) is 11.8. The zero-order chi connectivity index (χ0) is 17.0. The predicted molar refractivity (Wildman–Crippen MR) is 104 cm³/mol. The van der Waals surface area contributed by atoms with E-state index in [2.05, 4.69) is 62.3 Å². The highest BCUT2D eigenvalue weighted by Gasteiger charge is 2.16. The Morgan fingerprint density at radius 2 is 1.88 bits per heavy atom. The Morgan fingerprint density at radius 1 is 1.12 bits per heavy atom. The van der Waals surface area contributed by atoms with Gasteiger partial charge in [0.25, 0.3) is 0 Å². The van der Waals surface area contributed by atoms with Crippen molar-refractivity contribution in [3.05, 3.63) is 43.0 Å². The highest BCUT2D eigenvalue weighted by atomic mass is 15.3. The summed E-state index contributed by atoms with van der Waals surface area (Å²) in [5.74, 6) is 0.853. The van der Waals surface area contributed by atoms with Crippen LogP contribution in [0.5, 0.6) is 0 Å². The fraction of sp³-hybridized carbons (Fsp3) is 0.526. The topological polar surface area (TPSA) is 42.9 Å². The van der Waals surface area contributed by atoms with E-state index in [0.717, 1.165) is 51.6 Å². The molecule has 1 heterocycles. The SMILES string of the molecule is C=CCNC(=NC)NCCCCN1CCN(c2ccccc2)CC1. The molecule has 0 aromatic heterocycles. The largest absolute Gasteiger partial charge is 0.369 e. The molecule has 0 bridgehead atoms. The smallest absolute Gasteiger partial charge is 0.191 e. The minimum absolute atomic E-state index is 0.741. The molecule has 0 amide bonds. The quantitative estimate of drug-likeness (QED) is 0.331. The summed E-state index contributed by atoms with van der Waals surface area (Å²) in [6.45, 7) is 11.1. The van der Waals surface area contributed by atoms with Crippen LogP contribution in [0, 0.1) is 0 Å². The van der Waals surface area contributed by atoms with Gasteiger partial charge in [0.05, 0.1) is 0 Å². The molecule has 0 radical (unpaired) electrons. The molecule has 5 nitrogen and oxygen atoms in total. The van der Waals surface area contributed by atoms with Crippen LogP contribution in [0.15, 0.2) is 48.0 Å². The summed E-state index contributed by atoms with van der Waals surface area (Å²) in [7, 11) is 1.80. The van der Waals surface area contributed by atoms with E-state index < -0.39 is 0 Å². The highest BCUT2D eigenvalue weighted by Crippen LogP contribution is 2.15. The molecule has 1 saturated heterocycles. The van der Waals surface area contributed by atoms with Crippen molar-refractivity contribution in [3.8, 4) is 0 Å². The number of piperazine rings is 1. The van der Waals surface area contributed by atoms with E-state index in [9.17, 15) is 0 Å². The van der Waals surface area contributed by atoms with Gasteiger partial charge in [-0.15, -0.1) is 6.58 Å². The second-order valence-electron chi connectivity index (χ2n) is 6.04. The maximum atomic E-state index is 4.18. The van der Waals surface area contributed by atoms with Gasteiger partial charge in [0.2, 0.25) is 0 Å². The third kappa shape index (κ3) is 6.24. The van der Waals surface area contributed by atoms with E-state index in [0.29, 0.717) is 0 Å². The molecular weight excluding hydrogens is 298 g/mol. The summed E-state index contributed by atoms with van der Waals surface area (Å²) in [4.78, 5) is 9.23. The fourth-order valence-electron chi connectivity index (χ4n) is 2.93. The number of nitrogens with zero attached hydrogens (tertiary/aromatic N) is 3. The van der Waals surface area contributed by atoms with Gasteiger partial charge in [-0.1, -0.05) is 24.3 Å². The number of para-hydroxylation sites is 1. The van der Waals surface area contributed by atoms with Crippen LogP contribution in [-0.4, -0.2) is 63.7 Å². The van der Waals surface area contributed by atoms with Crippen LogP contribution in [0.4, 0.5) is 5.69 Å². The Hall–Kier alpha value is -2.01. The summed E-state index contributed by atoms with van der Waals surface area (Å²) >= 11 is 0. The van der Waals surface area contributed by atoms with E-state index in [1.807, 2.05) is 6.08 Å². The van der Waals surface area contributed by atoms with Gasteiger partial charge in [-0.3, -0.25) is 9.89 Å². The van der Waals surface area contributed by atoms with Crippen molar-refractivity contribution >= 4 is 11.6 Å². The fourth-order valence-corrected chi connectivity index (χ4v) is 2.93. The number of benzene rings is 1. The average Bonchev–Trinajstić information content (AvgIpc) is 2.65. The second-order valence-corrected chi connectivity index (χ2v) is 6.04. The summed E-state index contributed by atoms with van der Waals surface area (Å²) in [6.07, 6.45) is 4.21. The summed E-state index contributed by atoms with van der Waals surface area (Å²) < 4.78 is 0. The van der Waals surface area contributed by atoms with E-state index in [-0.39, 0.29) is 0 Å². The van der Waals surface area contributed by atoms with Crippen molar-refractivity contribution in [1.82, 2.24) is 15.5 Å². The third-order valence-electron chi connectivity index (χ3n) is 4.32. The number of guanidine groups is 1. The van der Waals surface area contributed by atoms with E-state index in [1.165, 1.54) is 18.7 Å². The molecule has 1 fully saturated rings. The van der Waals surface area contributed by atoms with Gasteiger partial charge in [0.15, 0.2) is 5.96 Å². The number of aliphatic imine (C=N–C) groups is 1. The average molecular weight is 329 g/mol. The molecule has 1 aromatic rings. The zero-order valence-electron chi connectivity index (χ0n) is 14.9. The van der Waals surface area contributed by atoms with Gasteiger partial charge in [-0.2, -0.15) is 0 Å². The molecular formula is C19H31N5. The van der Waals surface area contributed by atoms with Gasteiger partial charge >= 0.3 is 0 Å². The second kappa shape index (κ2) is 10.7. The summed E-state index contributed by atoms with van der Waals surface area (Å²) in [5, 5.41) is 6.52. The molecule has 1 aliphatic heterocycles. The van der Waals surface area contributed by atoms with Crippen LogP contribution in [0.2, 0.25) is 0 Å². The Morgan fingerprint density at radius 3 is 2.54 bits per heavy atom. The summed E-state index contributed by atoms with van der Waals surface area (Å²) in [6, 6.07) is 10.7. The molecule has 1 aromatic carbocycles. The van der Waals surface area contributed by atoms with E-state index >= 15 is 0 Å². The molecule has 2 rings (SSSR count). The van der Waals surface area contributed by atoms with Crippen molar-refractivity contribution in [2.75, 3.05) is 57.8 Å². The first kappa shape index (κ1) is 18.3. The van der Waals surface area contributed by atoms with Crippen molar-refractivity contribution in [1.29, 1.82) is 0 Å². The number of rotatable bonds is 8. The number of hydrogen-bond acceptors (Lipinski definition) is 3. The molecule has 132 valence electrons. The van der Waals surface area contributed by atoms with Gasteiger partial charge in [0.1, 0.15) is 0 Å². The molecule has 5 heteroatoms. The van der Waals surface area contributed by atoms with Gasteiger partial charge in [0, 0.05) is 52.0 Å². The van der Waals surface area contributed by atoms with Gasteiger partial charge in [-0.05, 0) is 31.5 Å². The Labute approximate surface area is 146 Å². The maximum absolute atomic E-state index is 4.18. The maximum Gasteiger partial charge on any atom is 0.191 e. The van der Waals surface area contributed by atoms with Crippen LogP contribution in [-0.2, 0) is 0 Å². The lowest BCUT2D eigenvalue weighted by atomic mass is 10.2. The molecule has 0 atom stereocenters. The normalized spacial score (nSPS) is 16.0. The van der Waals surface area contributed by atoms with Crippen molar-refractivity contribution in [3.63, 3.8) is 0 Å². The number of nitrogens with one attached hydrogen (secondary N) is 2. The highest BCUT2D eigenvalue weighted by molar-refractivity contribution is 5.79. The van der Waals surface area contributed by atoms with Crippen LogP contribution >= 0.6 is 0 Å². The molecule has 24 heavy (non-hydrogen) atoms. The van der Waals surface area contributed by atoms with Crippen molar-refractivity contribution < 1.29 is 0 Å². The first-order valence-corrected chi connectivity index (χ1v) is 8.91. The standard InChI is InChI=1S/C19H31N5/c1-3-11-21-19(20-2)22-12-7-8-13-23-14-16-24(17-15-23)18-9-5-4-6-10-18/h3-6,9-10H,1,7-8,11-17H2,2H3,(H2,20,21,22). The Balaban J connectivity index is 1.56. The number of anilines is 1. The molecule has 0 spiro atoms. The van der Waals surface area contributed by atoms with E-state index in [4.69, 9.17) is 0 Å². The van der Waals surface area contributed by atoms with Crippen LogP contribution in [0.25, 0.3) is 0 Å².